The number of halogens is 1. The Morgan fingerprint density at radius 3 is 2.88 bits per heavy atom. The zero-order valence-corrected chi connectivity index (χ0v) is 9.18. The fourth-order valence-corrected chi connectivity index (χ4v) is 1.22. The van der Waals surface area contributed by atoms with E-state index in [0.29, 0.717) is 11.6 Å². The first kappa shape index (κ1) is 12.5. The monoisotopic (exact) mass is 242 g/mol. The second kappa shape index (κ2) is 6.09. The van der Waals surface area contributed by atoms with Crippen molar-refractivity contribution in [2.75, 3.05) is 13.2 Å². The van der Waals surface area contributed by atoms with Crippen LogP contribution in [0.5, 0.6) is 5.75 Å². The molecule has 0 aliphatic rings. The summed E-state index contributed by atoms with van der Waals surface area (Å²) in [5.41, 5.74) is 5.09. The van der Waals surface area contributed by atoms with E-state index in [1.54, 1.807) is 12.2 Å². The first-order valence-corrected chi connectivity index (χ1v) is 4.94. The molecule has 86 valence electrons. The molecule has 0 amide bonds. The van der Waals surface area contributed by atoms with Gasteiger partial charge in [-0.1, -0.05) is 23.8 Å². The molecule has 0 aliphatic heterocycles. The molecule has 16 heavy (non-hydrogen) atoms. The second-order valence-electron chi connectivity index (χ2n) is 2.89. The van der Waals surface area contributed by atoms with Gasteiger partial charge in [0.2, 0.25) is 0 Å². The van der Waals surface area contributed by atoms with E-state index in [4.69, 9.17) is 22.1 Å². The van der Waals surface area contributed by atoms with Crippen LogP contribution in [0.15, 0.2) is 30.4 Å². The Balaban J connectivity index is 2.78. The molecule has 0 atom stereocenters. The van der Waals surface area contributed by atoms with Crippen molar-refractivity contribution >= 4 is 17.3 Å². The first-order chi connectivity index (χ1) is 7.65. The van der Waals surface area contributed by atoms with E-state index >= 15 is 0 Å². The van der Waals surface area contributed by atoms with Crippen LogP contribution in [0.1, 0.15) is 0 Å². The van der Waals surface area contributed by atoms with E-state index in [1.165, 1.54) is 18.2 Å². The summed E-state index contributed by atoms with van der Waals surface area (Å²) in [6, 6.07) is 4.26. The largest absolute Gasteiger partial charge is 0.483 e. The van der Waals surface area contributed by atoms with E-state index < -0.39 is 4.92 Å². The van der Waals surface area contributed by atoms with Gasteiger partial charge in [-0.2, -0.15) is 0 Å². The van der Waals surface area contributed by atoms with Crippen molar-refractivity contribution in [1.82, 2.24) is 0 Å². The average molecular weight is 243 g/mol. The minimum absolute atomic E-state index is 0.145. The predicted octanol–water partition coefficient (Wildman–Crippen LogP) is 2.14. The van der Waals surface area contributed by atoms with Crippen molar-refractivity contribution in [1.29, 1.82) is 0 Å². The van der Waals surface area contributed by atoms with E-state index in [0.717, 1.165) is 0 Å². The molecule has 0 saturated carbocycles. The van der Waals surface area contributed by atoms with Crippen LogP contribution in [-0.4, -0.2) is 18.1 Å². The molecule has 1 aromatic carbocycles. The predicted molar refractivity (Wildman–Crippen MR) is 61.8 cm³/mol. The van der Waals surface area contributed by atoms with Crippen molar-refractivity contribution in [3.63, 3.8) is 0 Å². The van der Waals surface area contributed by atoms with Gasteiger partial charge < -0.3 is 10.5 Å². The molecule has 0 bridgehead atoms. The smallest absolute Gasteiger partial charge is 0.312 e. The van der Waals surface area contributed by atoms with Gasteiger partial charge in [0.25, 0.3) is 0 Å². The van der Waals surface area contributed by atoms with Crippen molar-refractivity contribution in [3.8, 4) is 5.75 Å². The van der Waals surface area contributed by atoms with Crippen LogP contribution >= 0.6 is 11.6 Å². The Hall–Kier alpha value is -1.59. The highest BCUT2D eigenvalue weighted by Crippen LogP contribution is 2.29. The van der Waals surface area contributed by atoms with E-state index in [-0.39, 0.29) is 18.0 Å². The summed E-state index contributed by atoms with van der Waals surface area (Å²) in [6.45, 7) is 0.645. The van der Waals surface area contributed by atoms with Gasteiger partial charge in [-0.15, -0.1) is 0 Å². The second-order valence-corrected chi connectivity index (χ2v) is 3.32. The van der Waals surface area contributed by atoms with Crippen LogP contribution in [0.4, 0.5) is 5.69 Å². The molecule has 0 aliphatic carbocycles. The molecule has 1 rings (SSSR count). The van der Waals surface area contributed by atoms with E-state index in [9.17, 15) is 10.1 Å². The van der Waals surface area contributed by atoms with Gasteiger partial charge in [-0.3, -0.25) is 10.1 Å². The Labute approximate surface area is 97.6 Å². The van der Waals surface area contributed by atoms with E-state index in [2.05, 4.69) is 0 Å². The number of nitro groups is 1. The van der Waals surface area contributed by atoms with Crippen molar-refractivity contribution in [3.05, 3.63) is 45.5 Å². The summed E-state index contributed by atoms with van der Waals surface area (Å²) < 4.78 is 5.21. The Morgan fingerprint density at radius 2 is 2.25 bits per heavy atom. The number of ether oxygens (including phenoxy) is 1. The fraction of sp³-hybridized carbons (Fsp3) is 0.200. The van der Waals surface area contributed by atoms with Crippen LogP contribution < -0.4 is 10.5 Å². The van der Waals surface area contributed by atoms with Crippen molar-refractivity contribution in [2.45, 2.75) is 0 Å². The quantitative estimate of drug-likeness (QED) is 0.487. The molecule has 0 unspecified atom stereocenters. The van der Waals surface area contributed by atoms with Gasteiger partial charge in [0, 0.05) is 17.6 Å². The van der Waals surface area contributed by atoms with Gasteiger partial charge in [0.15, 0.2) is 5.75 Å². The van der Waals surface area contributed by atoms with Crippen LogP contribution in [-0.2, 0) is 0 Å². The fourth-order valence-electron chi connectivity index (χ4n) is 1.06. The average Bonchev–Trinajstić information content (AvgIpc) is 2.26. The minimum Gasteiger partial charge on any atom is -0.483 e. The number of hydrogen-bond acceptors (Lipinski definition) is 4. The molecule has 1 aromatic rings. The lowest BCUT2D eigenvalue weighted by Gasteiger charge is -2.04. The number of rotatable bonds is 5. The van der Waals surface area contributed by atoms with E-state index in [1.807, 2.05) is 0 Å². The van der Waals surface area contributed by atoms with Crippen molar-refractivity contribution < 1.29 is 9.66 Å². The Bertz CT molecular complexity index is 407. The standard InChI is InChI=1S/C10H11ClN2O3/c11-8-3-4-10(9(7-8)13(14)15)16-6-2-1-5-12/h1-4,7H,5-6,12H2. The molecule has 0 saturated heterocycles. The maximum Gasteiger partial charge on any atom is 0.312 e. The summed E-state index contributed by atoms with van der Waals surface area (Å²) >= 11 is 5.65. The SMILES string of the molecule is NCC=CCOc1ccc(Cl)cc1[N+](=O)[O-]. The number of nitro benzene ring substituents is 1. The minimum atomic E-state index is -0.534. The van der Waals surface area contributed by atoms with Crippen LogP contribution in [0.25, 0.3) is 0 Å². The highest BCUT2D eigenvalue weighted by atomic mass is 35.5. The van der Waals surface area contributed by atoms with Gasteiger partial charge in [0.05, 0.1) is 4.92 Å². The molecule has 0 fully saturated rings. The number of benzene rings is 1. The van der Waals surface area contributed by atoms with Gasteiger partial charge in [0.1, 0.15) is 6.61 Å². The molecule has 0 spiro atoms. The summed E-state index contributed by atoms with van der Waals surface area (Å²) in [6.07, 6.45) is 3.40. The Kier molecular flexibility index (Phi) is 4.75. The molecule has 5 nitrogen and oxygen atoms in total. The highest BCUT2D eigenvalue weighted by molar-refractivity contribution is 6.30. The third kappa shape index (κ3) is 3.52. The zero-order valence-electron chi connectivity index (χ0n) is 8.43. The van der Waals surface area contributed by atoms with Crippen LogP contribution in [0.2, 0.25) is 5.02 Å². The highest BCUT2D eigenvalue weighted by Gasteiger charge is 2.14. The summed E-state index contributed by atoms with van der Waals surface area (Å²) in [7, 11) is 0. The lowest BCUT2D eigenvalue weighted by Crippen LogP contribution is -1.99. The van der Waals surface area contributed by atoms with Gasteiger partial charge in [-0.05, 0) is 12.1 Å². The zero-order chi connectivity index (χ0) is 12.0. The molecule has 0 radical (unpaired) electrons. The lowest BCUT2D eigenvalue weighted by molar-refractivity contribution is -0.385. The van der Waals surface area contributed by atoms with Crippen LogP contribution in [0, 0.1) is 10.1 Å². The summed E-state index contributed by atoms with van der Waals surface area (Å²) in [4.78, 5) is 10.2. The summed E-state index contributed by atoms with van der Waals surface area (Å²) in [5.74, 6) is 0.191. The van der Waals surface area contributed by atoms with Crippen LogP contribution in [0.3, 0.4) is 0 Å². The van der Waals surface area contributed by atoms with Crippen molar-refractivity contribution in [2.24, 2.45) is 5.73 Å². The number of nitrogens with zero attached hydrogens (tertiary/aromatic N) is 1. The number of hydrogen-bond donors (Lipinski definition) is 1. The topological polar surface area (TPSA) is 78.4 Å². The summed E-state index contributed by atoms with van der Waals surface area (Å²) in [5, 5.41) is 11.0. The number of nitrogens with two attached hydrogens (primary N) is 1. The maximum atomic E-state index is 10.7. The maximum absolute atomic E-state index is 10.7. The molecule has 0 aromatic heterocycles. The van der Waals surface area contributed by atoms with Gasteiger partial charge in [-0.25, -0.2) is 0 Å². The molecular formula is C10H11ClN2O3. The third-order valence-electron chi connectivity index (χ3n) is 1.76. The first-order valence-electron chi connectivity index (χ1n) is 4.57. The van der Waals surface area contributed by atoms with Gasteiger partial charge >= 0.3 is 5.69 Å². The molecule has 0 heterocycles. The Morgan fingerprint density at radius 1 is 1.50 bits per heavy atom. The molecular weight excluding hydrogens is 232 g/mol. The molecule has 2 N–H and O–H groups in total. The molecule has 6 heteroatoms. The third-order valence-corrected chi connectivity index (χ3v) is 1.99. The normalized spacial score (nSPS) is 10.6. The lowest BCUT2D eigenvalue weighted by atomic mass is 10.3.